The molecule has 0 atom stereocenters. The highest BCUT2D eigenvalue weighted by Crippen LogP contribution is 2.11. The van der Waals surface area contributed by atoms with Crippen LogP contribution in [0.2, 0.25) is 0 Å². The van der Waals surface area contributed by atoms with Gasteiger partial charge in [0, 0.05) is 26.1 Å². The van der Waals surface area contributed by atoms with Crippen LogP contribution in [0.25, 0.3) is 0 Å². The molecule has 1 aromatic carbocycles. The third-order valence-corrected chi connectivity index (χ3v) is 3.42. The number of aryl methyl sites for hydroxylation is 1. The van der Waals surface area contributed by atoms with E-state index in [1.54, 1.807) is 18.4 Å². The van der Waals surface area contributed by atoms with E-state index in [2.05, 4.69) is 22.5 Å². The highest BCUT2D eigenvalue weighted by molar-refractivity contribution is 5.79. The molecule has 2 aromatic rings. The van der Waals surface area contributed by atoms with Crippen molar-refractivity contribution in [1.29, 1.82) is 0 Å². The molecule has 0 aliphatic rings. The number of aliphatic imine (C=N–C) groups is 1. The lowest BCUT2D eigenvalue weighted by Gasteiger charge is -2.10. The topological polar surface area (TPSA) is 69.8 Å². The molecule has 2 rings (SSSR count). The first-order valence-corrected chi connectivity index (χ1v) is 8.10. The maximum absolute atomic E-state index is 9.27. The molecular formula is C18H25N3O2. The van der Waals surface area contributed by atoms with E-state index in [0.717, 1.165) is 50.6 Å². The number of guanidine groups is 1. The summed E-state index contributed by atoms with van der Waals surface area (Å²) in [5.41, 5.74) is 1.22. The molecule has 0 amide bonds. The predicted octanol–water partition coefficient (Wildman–Crippen LogP) is 2.72. The minimum absolute atomic E-state index is 0.307. The van der Waals surface area contributed by atoms with Gasteiger partial charge in [0.1, 0.15) is 11.5 Å². The Labute approximate surface area is 137 Å². The van der Waals surface area contributed by atoms with Crippen LogP contribution in [0.15, 0.2) is 52.1 Å². The van der Waals surface area contributed by atoms with Crippen molar-refractivity contribution in [2.45, 2.75) is 26.2 Å². The van der Waals surface area contributed by atoms with Gasteiger partial charge in [-0.3, -0.25) is 4.99 Å². The molecule has 0 radical (unpaired) electrons. The average molecular weight is 315 g/mol. The van der Waals surface area contributed by atoms with E-state index in [9.17, 15) is 5.11 Å². The highest BCUT2D eigenvalue weighted by Gasteiger charge is 1.99. The van der Waals surface area contributed by atoms with Crippen molar-refractivity contribution < 1.29 is 9.52 Å². The van der Waals surface area contributed by atoms with Crippen LogP contribution >= 0.6 is 0 Å². The molecule has 3 N–H and O–H groups in total. The zero-order chi connectivity index (χ0) is 16.3. The van der Waals surface area contributed by atoms with E-state index >= 15 is 0 Å². The van der Waals surface area contributed by atoms with Crippen molar-refractivity contribution in [2.75, 3.05) is 19.6 Å². The summed E-state index contributed by atoms with van der Waals surface area (Å²) in [5.74, 6) is 2.12. The molecule has 124 valence electrons. The van der Waals surface area contributed by atoms with Crippen molar-refractivity contribution in [3.8, 4) is 5.75 Å². The standard InChI is InChI=1S/C18H25N3O2/c1-2-19-18(21-13-11-17-6-4-14-23-17)20-12-3-5-15-7-9-16(22)10-8-15/h4,6-10,14,22H,2-3,5,11-13H2,1H3,(H2,19,20,21). The van der Waals surface area contributed by atoms with Crippen LogP contribution in [-0.4, -0.2) is 30.7 Å². The van der Waals surface area contributed by atoms with Crippen LogP contribution in [0.4, 0.5) is 0 Å². The van der Waals surface area contributed by atoms with Gasteiger partial charge in [-0.2, -0.15) is 0 Å². The molecule has 0 aliphatic carbocycles. The van der Waals surface area contributed by atoms with Crippen molar-refractivity contribution in [2.24, 2.45) is 4.99 Å². The summed E-state index contributed by atoms with van der Waals surface area (Å²) in [7, 11) is 0. The minimum Gasteiger partial charge on any atom is -0.508 e. The van der Waals surface area contributed by atoms with Gasteiger partial charge < -0.3 is 20.2 Å². The van der Waals surface area contributed by atoms with Crippen molar-refractivity contribution in [3.05, 3.63) is 54.0 Å². The van der Waals surface area contributed by atoms with Crippen LogP contribution in [0.1, 0.15) is 24.7 Å². The first-order valence-electron chi connectivity index (χ1n) is 8.10. The molecule has 5 nitrogen and oxygen atoms in total. The van der Waals surface area contributed by atoms with Crippen LogP contribution < -0.4 is 10.6 Å². The monoisotopic (exact) mass is 315 g/mol. The Morgan fingerprint density at radius 1 is 1.13 bits per heavy atom. The number of phenolic OH excluding ortho intramolecular Hbond substituents is 1. The summed E-state index contributed by atoms with van der Waals surface area (Å²) in [5, 5.41) is 15.8. The van der Waals surface area contributed by atoms with E-state index in [1.165, 1.54) is 5.56 Å². The Hall–Kier alpha value is -2.43. The van der Waals surface area contributed by atoms with Gasteiger partial charge >= 0.3 is 0 Å². The maximum atomic E-state index is 9.27. The van der Waals surface area contributed by atoms with Gasteiger partial charge in [0.15, 0.2) is 5.96 Å². The van der Waals surface area contributed by atoms with Crippen LogP contribution in [0.5, 0.6) is 5.75 Å². The molecule has 0 bridgehead atoms. The minimum atomic E-state index is 0.307. The predicted molar refractivity (Wildman–Crippen MR) is 92.8 cm³/mol. The fourth-order valence-corrected chi connectivity index (χ4v) is 2.24. The van der Waals surface area contributed by atoms with Gasteiger partial charge in [-0.15, -0.1) is 0 Å². The van der Waals surface area contributed by atoms with E-state index in [0.29, 0.717) is 5.75 Å². The second-order valence-electron chi connectivity index (χ2n) is 5.29. The highest BCUT2D eigenvalue weighted by atomic mass is 16.3. The molecule has 0 saturated heterocycles. The molecule has 1 aromatic heterocycles. The summed E-state index contributed by atoms with van der Waals surface area (Å²) in [4.78, 5) is 4.58. The SMILES string of the molecule is CCNC(=NCCCc1ccc(O)cc1)NCCc1ccco1. The molecular weight excluding hydrogens is 290 g/mol. The Kier molecular flexibility index (Phi) is 7.04. The largest absolute Gasteiger partial charge is 0.508 e. The quantitative estimate of drug-likeness (QED) is 0.398. The van der Waals surface area contributed by atoms with Gasteiger partial charge in [-0.1, -0.05) is 12.1 Å². The van der Waals surface area contributed by atoms with Gasteiger partial charge in [-0.25, -0.2) is 0 Å². The number of hydrogen-bond donors (Lipinski definition) is 3. The summed E-state index contributed by atoms with van der Waals surface area (Å²) >= 11 is 0. The molecule has 0 aliphatic heterocycles. The molecule has 0 unspecified atom stereocenters. The number of rotatable bonds is 8. The first-order chi connectivity index (χ1) is 11.3. The van der Waals surface area contributed by atoms with Crippen LogP contribution in [0, 0.1) is 0 Å². The molecule has 0 saturated carbocycles. The van der Waals surface area contributed by atoms with E-state index in [1.807, 2.05) is 24.3 Å². The maximum Gasteiger partial charge on any atom is 0.191 e. The number of aromatic hydroxyl groups is 1. The van der Waals surface area contributed by atoms with Crippen LogP contribution in [0.3, 0.4) is 0 Å². The Bertz CT molecular complexity index is 577. The number of furan rings is 1. The molecule has 0 spiro atoms. The number of hydrogen-bond acceptors (Lipinski definition) is 3. The van der Waals surface area contributed by atoms with E-state index in [-0.39, 0.29) is 0 Å². The lowest BCUT2D eigenvalue weighted by molar-refractivity contribution is 0.475. The number of nitrogens with one attached hydrogen (secondary N) is 2. The number of benzene rings is 1. The smallest absolute Gasteiger partial charge is 0.191 e. The van der Waals surface area contributed by atoms with E-state index < -0.39 is 0 Å². The zero-order valence-electron chi connectivity index (χ0n) is 13.6. The van der Waals surface area contributed by atoms with Gasteiger partial charge in [0.2, 0.25) is 0 Å². The third kappa shape index (κ3) is 6.46. The molecule has 23 heavy (non-hydrogen) atoms. The summed E-state index contributed by atoms with van der Waals surface area (Å²) < 4.78 is 5.31. The van der Waals surface area contributed by atoms with Crippen molar-refractivity contribution >= 4 is 5.96 Å². The lowest BCUT2D eigenvalue weighted by atomic mass is 10.1. The second kappa shape index (κ2) is 9.56. The Morgan fingerprint density at radius 3 is 2.65 bits per heavy atom. The average Bonchev–Trinajstić information content (AvgIpc) is 3.06. The van der Waals surface area contributed by atoms with Crippen LogP contribution in [-0.2, 0) is 12.8 Å². The van der Waals surface area contributed by atoms with Crippen molar-refractivity contribution in [1.82, 2.24) is 10.6 Å². The first kappa shape index (κ1) is 16.9. The normalized spacial score (nSPS) is 11.4. The summed E-state index contributed by atoms with van der Waals surface area (Å²) in [6, 6.07) is 11.2. The van der Waals surface area contributed by atoms with Gasteiger partial charge in [0.05, 0.1) is 6.26 Å². The van der Waals surface area contributed by atoms with Gasteiger partial charge in [0.25, 0.3) is 0 Å². The molecule has 1 heterocycles. The molecule has 5 heteroatoms. The number of nitrogens with zero attached hydrogens (tertiary/aromatic N) is 1. The third-order valence-electron chi connectivity index (χ3n) is 3.42. The summed E-state index contributed by atoms with van der Waals surface area (Å²) in [6.07, 6.45) is 4.46. The van der Waals surface area contributed by atoms with E-state index in [4.69, 9.17) is 4.42 Å². The Morgan fingerprint density at radius 2 is 1.96 bits per heavy atom. The van der Waals surface area contributed by atoms with Gasteiger partial charge in [-0.05, 0) is 49.6 Å². The van der Waals surface area contributed by atoms with Crippen molar-refractivity contribution in [3.63, 3.8) is 0 Å². The fourth-order valence-electron chi connectivity index (χ4n) is 2.24. The molecule has 0 fully saturated rings. The zero-order valence-corrected chi connectivity index (χ0v) is 13.6. The fraction of sp³-hybridized carbons (Fsp3) is 0.389. The number of phenols is 1. The Balaban J connectivity index is 1.70. The second-order valence-corrected chi connectivity index (χ2v) is 5.29. The lowest BCUT2D eigenvalue weighted by Crippen LogP contribution is -2.38. The summed E-state index contributed by atoms with van der Waals surface area (Å²) in [6.45, 7) is 4.44.